The zero-order chi connectivity index (χ0) is 8.10. The Morgan fingerprint density at radius 1 is 1.36 bits per heavy atom. The molecule has 0 spiro atoms. The van der Waals surface area contributed by atoms with Gasteiger partial charge in [0, 0.05) is 0 Å². The van der Waals surface area contributed by atoms with Gasteiger partial charge in [-0.3, -0.25) is 0 Å². The predicted molar refractivity (Wildman–Crippen MR) is 45.8 cm³/mol. The van der Waals surface area contributed by atoms with Crippen molar-refractivity contribution in [3.63, 3.8) is 0 Å². The third kappa shape index (κ3) is 1.93. The first-order valence-corrected chi connectivity index (χ1v) is 3.26. The van der Waals surface area contributed by atoms with Crippen molar-refractivity contribution >= 4 is 11.8 Å². The molecule has 0 aliphatic carbocycles. The fourth-order valence-electron chi connectivity index (χ4n) is 0.796. The fourth-order valence-corrected chi connectivity index (χ4v) is 0.796. The molecule has 1 N–H and O–H groups in total. The van der Waals surface area contributed by atoms with Crippen LogP contribution in [0.1, 0.15) is 5.56 Å². The summed E-state index contributed by atoms with van der Waals surface area (Å²) < 4.78 is 0. The minimum Gasteiger partial charge on any atom is -0.411 e. The van der Waals surface area contributed by atoms with Crippen LogP contribution in [0.25, 0.3) is 5.57 Å². The third-order valence-electron chi connectivity index (χ3n) is 1.36. The fraction of sp³-hybridized carbons (Fsp3) is 0. The summed E-state index contributed by atoms with van der Waals surface area (Å²) in [7, 11) is 0. The van der Waals surface area contributed by atoms with E-state index in [4.69, 9.17) is 5.21 Å². The Hall–Kier alpha value is -1.57. The van der Waals surface area contributed by atoms with Gasteiger partial charge in [0.05, 0.1) is 6.21 Å². The van der Waals surface area contributed by atoms with Crippen LogP contribution in [0.2, 0.25) is 0 Å². The zero-order valence-corrected chi connectivity index (χ0v) is 6.07. The molecular formula is C9H9NO. The van der Waals surface area contributed by atoms with Crippen molar-refractivity contribution in [3.05, 3.63) is 42.5 Å². The molecule has 11 heavy (non-hydrogen) atoms. The monoisotopic (exact) mass is 147 g/mol. The summed E-state index contributed by atoms with van der Waals surface area (Å²) >= 11 is 0. The van der Waals surface area contributed by atoms with Gasteiger partial charge in [-0.25, -0.2) is 0 Å². The quantitative estimate of drug-likeness (QED) is 0.388. The van der Waals surface area contributed by atoms with Crippen molar-refractivity contribution in [1.29, 1.82) is 0 Å². The molecular weight excluding hydrogens is 138 g/mol. The molecule has 1 aromatic rings. The average molecular weight is 147 g/mol. The second-order valence-corrected chi connectivity index (χ2v) is 2.14. The van der Waals surface area contributed by atoms with Crippen LogP contribution in [0, 0.1) is 0 Å². The van der Waals surface area contributed by atoms with E-state index in [1.807, 2.05) is 30.3 Å². The van der Waals surface area contributed by atoms with Crippen molar-refractivity contribution in [3.8, 4) is 0 Å². The number of rotatable bonds is 2. The van der Waals surface area contributed by atoms with E-state index in [1.54, 1.807) is 0 Å². The summed E-state index contributed by atoms with van der Waals surface area (Å²) in [4.78, 5) is 0. The summed E-state index contributed by atoms with van der Waals surface area (Å²) in [6, 6.07) is 9.55. The average Bonchev–Trinajstić information content (AvgIpc) is 2.07. The Labute approximate surface area is 65.5 Å². The maximum Gasteiger partial charge on any atom is 0.0733 e. The number of oxime groups is 1. The van der Waals surface area contributed by atoms with E-state index in [9.17, 15) is 0 Å². The van der Waals surface area contributed by atoms with Gasteiger partial charge >= 0.3 is 0 Å². The van der Waals surface area contributed by atoms with E-state index in [1.165, 1.54) is 6.21 Å². The Bertz CT molecular complexity index is 264. The maximum absolute atomic E-state index is 8.21. The lowest BCUT2D eigenvalue weighted by Gasteiger charge is -1.95. The number of nitrogens with zero attached hydrogens (tertiary/aromatic N) is 1. The van der Waals surface area contributed by atoms with Crippen LogP contribution < -0.4 is 0 Å². The number of hydrogen-bond donors (Lipinski definition) is 1. The van der Waals surface area contributed by atoms with E-state index in [0.717, 1.165) is 5.56 Å². The Kier molecular flexibility index (Phi) is 2.44. The van der Waals surface area contributed by atoms with E-state index in [-0.39, 0.29) is 0 Å². The second kappa shape index (κ2) is 3.56. The molecule has 0 bridgehead atoms. The summed E-state index contributed by atoms with van der Waals surface area (Å²) in [5, 5.41) is 11.1. The molecule has 0 aliphatic heterocycles. The maximum atomic E-state index is 8.21. The lowest BCUT2D eigenvalue weighted by atomic mass is 10.1. The van der Waals surface area contributed by atoms with E-state index >= 15 is 0 Å². The van der Waals surface area contributed by atoms with Crippen LogP contribution in [-0.2, 0) is 0 Å². The number of allylic oxidation sites excluding steroid dienone is 1. The molecule has 0 amide bonds. The highest BCUT2D eigenvalue weighted by molar-refractivity contribution is 6.08. The molecule has 0 saturated carbocycles. The van der Waals surface area contributed by atoms with Gasteiger partial charge in [0.15, 0.2) is 0 Å². The number of hydrogen-bond acceptors (Lipinski definition) is 2. The van der Waals surface area contributed by atoms with Crippen LogP contribution >= 0.6 is 0 Å². The first-order valence-electron chi connectivity index (χ1n) is 3.26. The topological polar surface area (TPSA) is 32.6 Å². The molecule has 0 aliphatic rings. The number of benzene rings is 1. The van der Waals surface area contributed by atoms with Crippen LogP contribution in [0.3, 0.4) is 0 Å². The van der Waals surface area contributed by atoms with E-state index in [2.05, 4.69) is 11.7 Å². The minimum absolute atomic E-state index is 0.702. The molecule has 0 unspecified atom stereocenters. The second-order valence-electron chi connectivity index (χ2n) is 2.14. The molecule has 1 aromatic carbocycles. The normalized spacial score (nSPS) is 10.2. The first kappa shape index (κ1) is 7.54. The molecule has 0 radical (unpaired) electrons. The molecule has 56 valence electrons. The van der Waals surface area contributed by atoms with Gasteiger partial charge in [-0.15, -0.1) is 0 Å². The molecule has 0 aromatic heterocycles. The van der Waals surface area contributed by atoms with Crippen molar-refractivity contribution in [2.75, 3.05) is 0 Å². The van der Waals surface area contributed by atoms with E-state index < -0.39 is 0 Å². The minimum atomic E-state index is 0.702. The lowest BCUT2D eigenvalue weighted by Crippen LogP contribution is -1.81. The zero-order valence-electron chi connectivity index (χ0n) is 6.07. The van der Waals surface area contributed by atoms with Crippen molar-refractivity contribution in [2.24, 2.45) is 5.16 Å². The molecule has 0 atom stereocenters. The Morgan fingerprint density at radius 3 is 2.55 bits per heavy atom. The van der Waals surface area contributed by atoms with Gasteiger partial charge < -0.3 is 5.21 Å². The third-order valence-corrected chi connectivity index (χ3v) is 1.36. The van der Waals surface area contributed by atoms with Crippen molar-refractivity contribution < 1.29 is 5.21 Å². The summed E-state index contributed by atoms with van der Waals surface area (Å²) in [5.74, 6) is 0. The Balaban J connectivity index is 2.86. The van der Waals surface area contributed by atoms with Gasteiger partial charge in [-0.1, -0.05) is 42.1 Å². The largest absolute Gasteiger partial charge is 0.411 e. The van der Waals surface area contributed by atoms with Gasteiger partial charge in [0.25, 0.3) is 0 Å². The highest BCUT2D eigenvalue weighted by Crippen LogP contribution is 2.08. The van der Waals surface area contributed by atoms with E-state index in [0.29, 0.717) is 5.57 Å². The summed E-state index contributed by atoms with van der Waals surface area (Å²) in [6.45, 7) is 3.71. The lowest BCUT2D eigenvalue weighted by molar-refractivity contribution is 0.322. The molecule has 1 rings (SSSR count). The van der Waals surface area contributed by atoms with Crippen LogP contribution in [0.4, 0.5) is 0 Å². The van der Waals surface area contributed by atoms with Crippen LogP contribution in [-0.4, -0.2) is 11.4 Å². The SMILES string of the molecule is C=C(C=NO)c1ccccc1. The standard InChI is InChI=1S/C9H9NO/c1-8(7-10-11)9-5-3-2-4-6-9/h2-7,11H,1H2. The summed E-state index contributed by atoms with van der Waals surface area (Å²) in [5.41, 5.74) is 1.67. The van der Waals surface area contributed by atoms with Crippen LogP contribution in [0.5, 0.6) is 0 Å². The smallest absolute Gasteiger partial charge is 0.0733 e. The summed E-state index contributed by atoms with van der Waals surface area (Å²) in [6.07, 6.45) is 1.31. The molecule has 0 heterocycles. The highest BCUT2D eigenvalue weighted by Gasteiger charge is 1.91. The van der Waals surface area contributed by atoms with Crippen molar-refractivity contribution in [1.82, 2.24) is 0 Å². The Morgan fingerprint density at radius 2 is 2.00 bits per heavy atom. The first-order chi connectivity index (χ1) is 5.34. The van der Waals surface area contributed by atoms with Crippen LogP contribution in [0.15, 0.2) is 42.1 Å². The van der Waals surface area contributed by atoms with Gasteiger partial charge in [-0.05, 0) is 11.1 Å². The molecule has 0 fully saturated rings. The molecule has 2 heteroatoms. The van der Waals surface area contributed by atoms with Gasteiger partial charge in [-0.2, -0.15) is 0 Å². The van der Waals surface area contributed by atoms with Gasteiger partial charge in [0.1, 0.15) is 0 Å². The molecule has 2 nitrogen and oxygen atoms in total. The van der Waals surface area contributed by atoms with Crippen molar-refractivity contribution in [2.45, 2.75) is 0 Å². The molecule has 0 saturated heterocycles. The predicted octanol–water partition coefficient (Wildman–Crippen LogP) is 2.16. The van der Waals surface area contributed by atoms with Gasteiger partial charge in [0.2, 0.25) is 0 Å². The highest BCUT2D eigenvalue weighted by atomic mass is 16.4.